The number of carbonyl (C=O) groups is 2. The number of carbonyl (C=O) groups excluding carboxylic acids is 2. The third-order valence-corrected chi connectivity index (χ3v) is 4.96. The standard InChI is InChI=1S/C18H20FN5O3S/c1-3-12-14(16(25)27-4-2)13(21-17(26)20-12)9-28-18-22-15(23-24-18)10-7-5-6-8-11(10)19/h5-8,12H,3-4,9H2,1-2H3,(H2,20,21,26)(H,22,23,24)/t12-/m0/s1. The summed E-state index contributed by atoms with van der Waals surface area (Å²) in [7, 11) is 0. The van der Waals surface area contributed by atoms with Crippen molar-refractivity contribution < 1.29 is 18.7 Å². The maximum absolute atomic E-state index is 13.9. The Kier molecular flexibility index (Phi) is 6.30. The molecule has 1 aliphatic heterocycles. The third kappa shape index (κ3) is 4.33. The molecule has 0 aliphatic carbocycles. The Morgan fingerprint density at radius 1 is 1.32 bits per heavy atom. The number of halogens is 1. The molecule has 0 saturated carbocycles. The molecule has 1 aliphatic rings. The molecule has 2 amide bonds. The lowest BCUT2D eigenvalue weighted by Gasteiger charge is -2.28. The van der Waals surface area contributed by atoms with Crippen LogP contribution in [0.3, 0.4) is 0 Å². The van der Waals surface area contributed by atoms with Gasteiger partial charge in [-0.3, -0.25) is 5.10 Å². The van der Waals surface area contributed by atoms with Crippen molar-refractivity contribution in [1.29, 1.82) is 0 Å². The van der Waals surface area contributed by atoms with Crippen molar-refractivity contribution in [1.82, 2.24) is 25.8 Å². The first-order chi connectivity index (χ1) is 13.5. The molecule has 3 rings (SSSR count). The highest BCUT2D eigenvalue weighted by atomic mass is 32.2. The molecule has 28 heavy (non-hydrogen) atoms. The minimum Gasteiger partial charge on any atom is -0.463 e. The molecule has 3 N–H and O–H groups in total. The second-order valence-electron chi connectivity index (χ2n) is 5.91. The van der Waals surface area contributed by atoms with Crippen LogP contribution in [-0.2, 0) is 9.53 Å². The molecule has 0 radical (unpaired) electrons. The van der Waals surface area contributed by atoms with Crippen molar-refractivity contribution in [3.63, 3.8) is 0 Å². The van der Waals surface area contributed by atoms with E-state index in [9.17, 15) is 14.0 Å². The average molecular weight is 405 g/mol. The van der Waals surface area contributed by atoms with Gasteiger partial charge in [-0.05, 0) is 25.5 Å². The van der Waals surface area contributed by atoms with Crippen LogP contribution in [0.1, 0.15) is 20.3 Å². The van der Waals surface area contributed by atoms with Gasteiger partial charge in [-0.25, -0.2) is 19.0 Å². The second-order valence-corrected chi connectivity index (χ2v) is 6.85. The molecular formula is C18H20FN5O3S. The van der Waals surface area contributed by atoms with Gasteiger partial charge in [-0.15, -0.1) is 5.10 Å². The number of urea groups is 1. The van der Waals surface area contributed by atoms with Crippen LogP contribution < -0.4 is 10.6 Å². The zero-order chi connectivity index (χ0) is 20.1. The quantitative estimate of drug-likeness (QED) is 0.483. The average Bonchev–Trinajstić information content (AvgIpc) is 3.15. The van der Waals surface area contributed by atoms with Crippen LogP contribution in [0.25, 0.3) is 11.4 Å². The zero-order valence-corrected chi connectivity index (χ0v) is 16.2. The number of benzene rings is 1. The monoisotopic (exact) mass is 405 g/mol. The smallest absolute Gasteiger partial charge is 0.337 e. The molecule has 148 valence electrons. The van der Waals surface area contributed by atoms with E-state index in [2.05, 4.69) is 25.8 Å². The van der Waals surface area contributed by atoms with Crippen molar-refractivity contribution in [2.45, 2.75) is 31.5 Å². The van der Waals surface area contributed by atoms with Crippen LogP contribution in [0.2, 0.25) is 0 Å². The summed E-state index contributed by atoms with van der Waals surface area (Å²) >= 11 is 1.22. The molecule has 8 nitrogen and oxygen atoms in total. The van der Waals surface area contributed by atoms with E-state index in [0.29, 0.717) is 34.2 Å². The summed E-state index contributed by atoms with van der Waals surface area (Å²) in [5, 5.41) is 12.5. The van der Waals surface area contributed by atoms with Gasteiger partial charge < -0.3 is 15.4 Å². The molecule has 0 fully saturated rings. The number of hydrogen-bond acceptors (Lipinski definition) is 6. The predicted octanol–water partition coefficient (Wildman–Crippen LogP) is 2.61. The molecular weight excluding hydrogens is 385 g/mol. The number of thioether (sulfide) groups is 1. The number of nitrogens with zero attached hydrogens (tertiary/aromatic N) is 2. The number of ether oxygens (including phenoxy) is 1. The normalized spacial score (nSPS) is 16.5. The highest BCUT2D eigenvalue weighted by Gasteiger charge is 2.31. The van der Waals surface area contributed by atoms with E-state index in [0.717, 1.165) is 0 Å². The van der Waals surface area contributed by atoms with Crippen LogP contribution in [0.5, 0.6) is 0 Å². The maximum atomic E-state index is 13.9. The molecule has 0 saturated heterocycles. The first-order valence-corrected chi connectivity index (χ1v) is 9.79. The molecule has 0 spiro atoms. The Hall–Kier alpha value is -2.88. The van der Waals surface area contributed by atoms with Crippen molar-refractivity contribution in [2.75, 3.05) is 12.4 Å². The van der Waals surface area contributed by atoms with Crippen LogP contribution in [0.4, 0.5) is 9.18 Å². The highest BCUT2D eigenvalue weighted by molar-refractivity contribution is 7.99. The van der Waals surface area contributed by atoms with E-state index in [4.69, 9.17) is 4.74 Å². The second kappa shape index (κ2) is 8.87. The van der Waals surface area contributed by atoms with Crippen LogP contribution in [0.15, 0.2) is 40.7 Å². The molecule has 2 aromatic rings. The summed E-state index contributed by atoms with van der Waals surface area (Å²) in [5.41, 5.74) is 1.16. The summed E-state index contributed by atoms with van der Waals surface area (Å²) in [6, 6.07) is 5.45. The number of aromatic nitrogens is 3. The molecule has 1 aromatic carbocycles. The summed E-state index contributed by atoms with van der Waals surface area (Å²) in [4.78, 5) is 28.6. The number of aromatic amines is 1. The Bertz CT molecular complexity index is 914. The topological polar surface area (TPSA) is 109 Å². The van der Waals surface area contributed by atoms with Crippen molar-refractivity contribution in [3.05, 3.63) is 41.4 Å². The van der Waals surface area contributed by atoms with Gasteiger partial charge in [-0.2, -0.15) is 0 Å². The number of rotatable bonds is 7. The van der Waals surface area contributed by atoms with Gasteiger partial charge in [0.25, 0.3) is 0 Å². The number of nitrogens with one attached hydrogen (secondary N) is 3. The van der Waals surface area contributed by atoms with Gasteiger partial charge in [0.05, 0.1) is 23.8 Å². The Morgan fingerprint density at radius 3 is 2.82 bits per heavy atom. The number of H-pyrrole nitrogens is 1. The Morgan fingerprint density at radius 2 is 2.11 bits per heavy atom. The van der Waals surface area contributed by atoms with Gasteiger partial charge in [0.15, 0.2) is 5.82 Å². The lowest BCUT2D eigenvalue weighted by molar-refractivity contribution is -0.139. The lowest BCUT2D eigenvalue weighted by Crippen LogP contribution is -2.50. The lowest BCUT2D eigenvalue weighted by atomic mass is 10.0. The first-order valence-electron chi connectivity index (χ1n) is 8.81. The maximum Gasteiger partial charge on any atom is 0.337 e. The van der Waals surface area contributed by atoms with Gasteiger partial charge in [0, 0.05) is 11.4 Å². The van der Waals surface area contributed by atoms with Crippen molar-refractivity contribution >= 4 is 23.8 Å². The fourth-order valence-corrected chi connectivity index (χ4v) is 3.56. The number of hydrogen-bond donors (Lipinski definition) is 3. The van der Waals surface area contributed by atoms with Crippen LogP contribution >= 0.6 is 11.8 Å². The minimum atomic E-state index is -0.473. The minimum absolute atomic E-state index is 0.236. The summed E-state index contributed by atoms with van der Waals surface area (Å²) < 4.78 is 19.0. The zero-order valence-electron chi connectivity index (χ0n) is 15.4. The van der Waals surface area contributed by atoms with E-state index in [1.54, 1.807) is 25.1 Å². The van der Waals surface area contributed by atoms with Crippen molar-refractivity contribution in [3.8, 4) is 11.4 Å². The fourth-order valence-electron chi connectivity index (χ4n) is 2.80. The molecule has 10 heteroatoms. The third-order valence-electron chi connectivity index (χ3n) is 4.09. The van der Waals surface area contributed by atoms with E-state index < -0.39 is 17.8 Å². The van der Waals surface area contributed by atoms with Gasteiger partial charge in [-0.1, -0.05) is 30.8 Å². The highest BCUT2D eigenvalue weighted by Crippen LogP contribution is 2.25. The number of amides is 2. The van der Waals surface area contributed by atoms with Gasteiger partial charge >= 0.3 is 12.0 Å². The molecule has 2 heterocycles. The predicted molar refractivity (Wildman–Crippen MR) is 102 cm³/mol. The summed E-state index contributed by atoms with van der Waals surface area (Å²) in [5.74, 6) is -0.313. The number of esters is 1. The van der Waals surface area contributed by atoms with E-state index in [1.807, 2.05) is 6.92 Å². The molecule has 0 unspecified atom stereocenters. The Labute approximate surface area is 165 Å². The van der Waals surface area contributed by atoms with Gasteiger partial charge in [0.2, 0.25) is 5.16 Å². The summed E-state index contributed by atoms with van der Waals surface area (Å²) in [6.07, 6.45) is 0.549. The largest absolute Gasteiger partial charge is 0.463 e. The van der Waals surface area contributed by atoms with Crippen LogP contribution in [-0.4, -0.2) is 45.6 Å². The van der Waals surface area contributed by atoms with Crippen LogP contribution in [0, 0.1) is 5.82 Å². The van der Waals surface area contributed by atoms with E-state index in [1.165, 1.54) is 17.8 Å². The van der Waals surface area contributed by atoms with Gasteiger partial charge in [0.1, 0.15) is 5.82 Å². The molecule has 0 bridgehead atoms. The van der Waals surface area contributed by atoms with Crippen molar-refractivity contribution in [2.24, 2.45) is 0 Å². The Balaban J connectivity index is 1.80. The van der Waals surface area contributed by atoms with E-state index >= 15 is 0 Å². The SMILES string of the molecule is CCOC(=O)C1=C(CSc2n[nH]c(-c3ccccc3F)n2)NC(=O)N[C@H]1CC. The summed E-state index contributed by atoms with van der Waals surface area (Å²) in [6.45, 7) is 3.83. The molecule has 1 atom stereocenters. The van der Waals surface area contributed by atoms with E-state index in [-0.39, 0.29) is 18.4 Å². The molecule has 1 aromatic heterocycles. The fraction of sp³-hybridized carbons (Fsp3) is 0.333. The first kappa shape index (κ1) is 19.9.